The Morgan fingerprint density at radius 2 is 1.20 bits per heavy atom. The Balaban J connectivity index is 1.93. The first kappa shape index (κ1) is 21.0. The molecule has 1 saturated heterocycles. The number of anilines is 1. The van der Waals surface area contributed by atoms with Gasteiger partial charge in [0, 0.05) is 24.7 Å². The van der Waals surface area contributed by atoms with Crippen LogP contribution < -0.4 is 4.90 Å². The third kappa shape index (κ3) is 3.89. The second-order valence-electron chi connectivity index (χ2n) is 6.70. The van der Waals surface area contributed by atoms with Crippen LogP contribution in [0.3, 0.4) is 0 Å². The van der Waals surface area contributed by atoms with Gasteiger partial charge in [-0.2, -0.15) is 0 Å². The van der Waals surface area contributed by atoms with Crippen LogP contribution in [0.5, 0.6) is 0 Å². The summed E-state index contributed by atoms with van der Waals surface area (Å²) in [7, 11) is 0. The van der Waals surface area contributed by atoms with Crippen LogP contribution in [0.2, 0.25) is 0 Å². The topological polar surface area (TPSA) is 57.6 Å². The number of ketones is 1. The summed E-state index contributed by atoms with van der Waals surface area (Å²) in [6.45, 7) is 0. The third-order valence-electron chi connectivity index (χ3n) is 4.85. The summed E-state index contributed by atoms with van der Waals surface area (Å²) in [5.74, 6) is -1.59. The molecule has 1 aliphatic heterocycles. The van der Waals surface area contributed by atoms with Crippen molar-refractivity contribution in [1.29, 1.82) is 0 Å². The van der Waals surface area contributed by atoms with E-state index in [9.17, 15) is 14.7 Å². The van der Waals surface area contributed by atoms with Gasteiger partial charge < -0.3 is 5.11 Å². The van der Waals surface area contributed by atoms with E-state index in [0.717, 1.165) is 19.0 Å². The molecule has 1 amide bonds. The Labute approximate surface area is 198 Å². The first-order chi connectivity index (χ1) is 14.4. The van der Waals surface area contributed by atoms with Gasteiger partial charge in [0.05, 0.1) is 11.6 Å². The van der Waals surface area contributed by atoms with Gasteiger partial charge >= 0.3 is 0 Å². The molecule has 1 aliphatic rings. The standard InChI is InChI=1S/C23H14Br3NO3/c24-15-5-1-13(2-6-15)20-19(21(28)14-3-7-16(25)8-4-14)22(29)23(30)27(20)18-11-9-17(26)10-12-18/h1-12,20,28H/b21-19+/t20-/m1/s1. The number of aliphatic hydroxyl groups excluding tert-OH is 1. The molecule has 0 spiro atoms. The maximum atomic E-state index is 13.1. The Bertz CT molecular complexity index is 1150. The summed E-state index contributed by atoms with van der Waals surface area (Å²) in [6, 6.07) is 20.7. The minimum Gasteiger partial charge on any atom is -0.507 e. The largest absolute Gasteiger partial charge is 0.507 e. The molecule has 0 bridgehead atoms. The molecule has 4 rings (SSSR count). The van der Waals surface area contributed by atoms with Gasteiger partial charge in [-0.05, 0) is 54.1 Å². The highest BCUT2D eigenvalue weighted by molar-refractivity contribution is 9.11. The van der Waals surface area contributed by atoms with Crippen molar-refractivity contribution in [2.75, 3.05) is 4.90 Å². The zero-order valence-electron chi connectivity index (χ0n) is 15.4. The van der Waals surface area contributed by atoms with Crippen molar-refractivity contribution in [3.8, 4) is 0 Å². The fraction of sp³-hybridized carbons (Fsp3) is 0.0435. The van der Waals surface area contributed by atoms with Gasteiger partial charge in [0.2, 0.25) is 0 Å². The predicted molar refractivity (Wildman–Crippen MR) is 127 cm³/mol. The molecule has 30 heavy (non-hydrogen) atoms. The lowest BCUT2D eigenvalue weighted by atomic mass is 9.95. The van der Waals surface area contributed by atoms with Gasteiger partial charge in [0.15, 0.2) is 0 Å². The molecule has 1 heterocycles. The molecule has 1 fully saturated rings. The zero-order valence-corrected chi connectivity index (χ0v) is 20.1. The minimum absolute atomic E-state index is 0.0626. The van der Waals surface area contributed by atoms with Crippen LogP contribution in [0.4, 0.5) is 5.69 Å². The highest BCUT2D eigenvalue weighted by Crippen LogP contribution is 2.42. The van der Waals surface area contributed by atoms with Crippen molar-refractivity contribution >= 4 is 70.9 Å². The van der Waals surface area contributed by atoms with Crippen molar-refractivity contribution in [3.63, 3.8) is 0 Å². The monoisotopic (exact) mass is 589 g/mol. The number of rotatable bonds is 3. The average Bonchev–Trinajstić information content (AvgIpc) is 3.00. The van der Waals surface area contributed by atoms with E-state index in [-0.39, 0.29) is 11.3 Å². The van der Waals surface area contributed by atoms with E-state index in [1.807, 2.05) is 36.4 Å². The smallest absolute Gasteiger partial charge is 0.300 e. The lowest BCUT2D eigenvalue weighted by Gasteiger charge is -2.25. The zero-order chi connectivity index (χ0) is 21.4. The molecule has 0 unspecified atom stereocenters. The first-order valence-electron chi connectivity index (χ1n) is 8.95. The summed E-state index contributed by atoms with van der Waals surface area (Å²) < 4.78 is 2.58. The molecule has 0 saturated carbocycles. The molecule has 0 radical (unpaired) electrons. The number of hydrogen-bond donors (Lipinski definition) is 1. The fourth-order valence-corrected chi connectivity index (χ4v) is 4.22. The number of benzene rings is 3. The maximum absolute atomic E-state index is 13.1. The van der Waals surface area contributed by atoms with E-state index in [1.165, 1.54) is 4.90 Å². The number of amides is 1. The summed E-state index contributed by atoms with van der Waals surface area (Å²) in [5, 5.41) is 11.0. The van der Waals surface area contributed by atoms with Gasteiger partial charge in [-0.15, -0.1) is 0 Å². The van der Waals surface area contributed by atoms with E-state index in [4.69, 9.17) is 0 Å². The van der Waals surface area contributed by atoms with E-state index in [0.29, 0.717) is 11.3 Å². The molecule has 150 valence electrons. The summed E-state index contributed by atoms with van der Waals surface area (Å²) in [4.78, 5) is 27.5. The van der Waals surface area contributed by atoms with Gasteiger partial charge in [0.25, 0.3) is 11.7 Å². The van der Waals surface area contributed by atoms with Crippen molar-refractivity contribution < 1.29 is 14.7 Å². The SMILES string of the molecule is O=C1C(=O)N(c2ccc(Br)cc2)[C@H](c2ccc(Br)cc2)/C1=C(\O)c1ccc(Br)cc1. The van der Waals surface area contributed by atoms with Crippen molar-refractivity contribution in [2.45, 2.75) is 6.04 Å². The number of carbonyl (C=O) groups is 2. The number of halogens is 3. The number of hydrogen-bond acceptors (Lipinski definition) is 3. The van der Waals surface area contributed by atoms with Gasteiger partial charge in [-0.25, -0.2) is 0 Å². The Morgan fingerprint density at radius 1 is 0.733 bits per heavy atom. The van der Waals surface area contributed by atoms with E-state index >= 15 is 0 Å². The van der Waals surface area contributed by atoms with Crippen molar-refractivity contribution in [1.82, 2.24) is 0 Å². The average molecular weight is 592 g/mol. The number of nitrogens with zero attached hydrogens (tertiary/aromatic N) is 1. The highest BCUT2D eigenvalue weighted by atomic mass is 79.9. The molecule has 0 aliphatic carbocycles. The first-order valence-corrected chi connectivity index (χ1v) is 11.3. The number of aliphatic hydroxyl groups is 1. The summed E-state index contributed by atoms with van der Waals surface area (Å²) in [5.41, 5.74) is 1.82. The van der Waals surface area contributed by atoms with Crippen LogP contribution >= 0.6 is 47.8 Å². The van der Waals surface area contributed by atoms with Crippen LogP contribution in [0.25, 0.3) is 5.76 Å². The van der Waals surface area contributed by atoms with E-state index < -0.39 is 17.7 Å². The quantitative estimate of drug-likeness (QED) is 0.212. The van der Waals surface area contributed by atoms with Crippen LogP contribution in [0.1, 0.15) is 17.2 Å². The van der Waals surface area contributed by atoms with Crippen LogP contribution in [0, 0.1) is 0 Å². The lowest BCUT2D eigenvalue weighted by Crippen LogP contribution is -2.29. The Morgan fingerprint density at radius 3 is 1.73 bits per heavy atom. The molecular weight excluding hydrogens is 578 g/mol. The maximum Gasteiger partial charge on any atom is 0.300 e. The molecule has 4 nitrogen and oxygen atoms in total. The van der Waals surface area contributed by atoms with Crippen LogP contribution in [0.15, 0.2) is 91.8 Å². The molecule has 1 N–H and O–H groups in total. The molecule has 1 atom stereocenters. The Hall–Kier alpha value is -2.22. The lowest BCUT2D eigenvalue weighted by molar-refractivity contribution is -0.132. The minimum atomic E-state index is -0.747. The fourth-order valence-electron chi connectivity index (χ4n) is 3.42. The van der Waals surface area contributed by atoms with Crippen molar-refractivity contribution in [3.05, 3.63) is 103 Å². The number of Topliss-reactive ketones (excluding diaryl/α,β-unsaturated/α-hetero) is 1. The summed E-state index contributed by atoms with van der Waals surface area (Å²) in [6.07, 6.45) is 0. The summed E-state index contributed by atoms with van der Waals surface area (Å²) >= 11 is 10.2. The second-order valence-corrected chi connectivity index (χ2v) is 9.45. The van der Waals surface area contributed by atoms with Gasteiger partial charge in [-0.3, -0.25) is 14.5 Å². The normalized spacial score (nSPS) is 18.1. The number of carbonyl (C=O) groups excluding carboxylic acids is 2. The van der Waals surface area contributed by atoms with E-state index in [1.54, 1.807) is 36.4 Å². The molecule has 3 aromatic carbocycles. The molecule has 0 aromatic heterocycles. The van der Waals surface area contributed by atoms with Crippen molar-refractivity contribution in [2.24, 2.45) is 0 Å². The van der Waals surface area contributed by atoms with E-state index in [2.05, 4.69) is 47.8 Å². The van der Waals surface area contributed by atoms with Crippen LogP contribution in [-0.4, -0.2) is 16.8 Å². The third-order valence-corrected chi connectivity index (χ3v) is 6.44. The molecular formula is C23H14Br3NO3. The molecule has 3 aromatic rings. The van der Waals surface area contributed by atoms with Gasteiger partial charge in [0.1, 0.15) is 5.76 Å². The second kappa shape index (κ2) is 8.49. The predicted octanol–water partition coefficient (Wildman–Crippen LogP) is 6.60. The van der Waals surface area contributed by atoms with Crippen LogP contribution in [-0.2, 0) is 9.59 Å². The molecule has 7 heteroatoms. The highest BCUT2D eigenvalue weighted by Gasteiger charge is 2.46. The van der Waals surface area contributed by atoms with Gasteiger partial charge in [-0.1, -0.05) is 72.1 Å². The Kier molecular flexibility index (Phi) is 5.95.